The average Bonchev–Trinajstić information content (AvgIpc) is 1.86. The smallest absolute Gasteiger partial charge is 0.126 e. The molecule has 0 heterocycles. The predicted octanol–water partition coefficient (Wildman–Crippen LogP) is 3.76. The summed E-state index contributed by atoms with van der Waals surface area (Å²) in [5, 5.41) is 0. The van der Waals surface area contributed by atoms with Gasteiger partial charge in [-0.05, 0) is 17.0 Å². The molecule has 0 saturated carbocycles. The second-order valence-electron chi connectivity index (χ2n) is 3.73. The fraction of sp³-hybridized carbons (Fsp3) is 0.455. The van der Waals surface area contributed by atoms with Gasteiger partial charge in [0.05, 0.1) is 0 Å². The molecule has 0 aliphatic carbocycles. The zero-order valence-electron chi connectivity index (χ0n) is 7.19. The molecule has 0 atom stereocenters. The molecule has 68 valence electrons. The summed E-state index contributed by atoms with van der Waals surface area (Å²) < 4.78 is 13.1. The van der Waals surface area contributed by atoms with Crippen LogP contribution in [0.3, 0.4) is 0 Å². The molecule has 0 aromatic heterocycles. The molecule has 1 aromatic rings. The van der Waals surface area contributed by atoms with E-state index in [1.807, 2.05) is 32.9 Å². The van der Waals surface area contributed by atoms with E-state index in [9.17, 15) is 4.39 Å². The predicted molar refractivity (Wildman–Crippen MR) is 51.8 cm³/mol. The topological polar surface area (TPSA) is 0 Å². The second-order valence-corrected chi connectivity index (χ2v) is 3.73. The summed E-state index contributed by atoms with van der Waals surface area (Å²) in [5.74, 6) is -0.111. The molecule has 0 nitrogen and oxygen atoms in total. The minimum absolute atomic E-state index is 0. The highest BCUT2D eigenvalue weighted by molar-refractivity contribution is 5.24. The molecule has 12 heavy (non-hydrogen) atoms. The van der Waals surface area contributed by atoms with Gasteiger partial charge in [-0.1, -0.05) is 46.4 Å². The van der Waals surface area contributed by atoms with Gasteiger partial charge in [-0.15, -0.1) is 0 Å². The van der Waals surface area contributed by atoms with Crippen LogP contribution in [-0.4, -0.2) is 0 Å². The van der Waals surface area contributed by atoms with Crippen molar-refractivity contribution in [1.82, 2.24) is 0 Å². The maximum Gasteiger partial charge on any atom is 0.126 e. The van der Waals surface area contributed by atoms with Crippen molar-refractivity contribution in [2.45, 2.75) is 33.6 Å². The summed E-state index contributed by atoms with van der Waals surface area (Å²) in [6.45, 7) is 6.02. The van der Waals surface area contributed by atoms with Gasteiger partial charge in [-0.3, -0.25) is 0 Å². The summed E-state index contributed by atoms with van der Waals surface area (Å²) in [4.78, 5) is 0. The Kier molecular flexibility index (Phi) is 3.44. The Morgan fingerprint density at radius 1 is 1.08 bits per heavy atom. The van der Waals surface area contributed by atoms with E-state index in [4.69, 9.17) is 0 Å². The molecule has 0 fully saturated rings. The Morgan fingerprint density at radius 3 is 1.92 bits per heavy atom. The van der Waals surface area contributed by atoms with Gasteiger partial charge >= 0.3 is 0 Å². The van der Waals surface area contributed by atoms with Crippen LogP contribution in [0.5, 0.6) is 0 Å². The third-order valence-corrected chi connectivity index (χ3v) is 1.68. The Morgan fingerprint density at radius 2 is 1.58 bits per heavy atom. The standard InChI is InChI=1S/C10H13F.CH4/c1-10(2,3)8-6-4-5-7-9(8)11;/h4-7H,1-3H3;1H4. The summed E-state index contributed by atoms with van der Waals surface area (Å²) in [7, 11) is 0. The fourth-order valence-corrected chi connectivity index (χ4v) is 1.07. The van der Waals surface area contributed by atoms with Crippen molar-refractivity contribution in [2.24, 2.45) is 0 Å². The van der Waals surface area contributed by atoms with E-state index < -0.39 is 0 Å². The Balaban J connectivity index is 0.00000121. The van der Waals surface area contributed by atoms with Crippen LogP contribution in [0.25, 0.3) is 0 Å². The van der Waals surface area contributed by atoms with Gasteiger partial charge in [0.2, 0.25) is 0 Å². The Hall–Kier alpha value is -0.850. The number of benzene rings is 1. The molecular weight excluding hydrogens is 151 g/mol. The third kappa shape index (κ3) is 2.33. The van der Waals surface area contributed by atoms with Gasteiger partial charge in [0.15, 0.2) is 0 Å². The van der Waals surface area contributed by atoms with E-state index in [1.54, 1.807) is 6.07 Å². The maximum absolute atomic E-state index is 13.1. The molecule has 0 bridgehead atoms. The molecule has 1 aromatic carbocycles. The first kappa shape index (κ1) is 11.2. The average molecular weight is 168 g/mol. The lowest BCUT2D eigenvalue weighted by Crippen LogP contribution is -2.12. The van der Waals surface area contributed by atoms with Crippen molar-refractivity contribution in [3.8, 4) is 0 Å². The first-order chi connectivity index (χ1) is 5.02. The van der Waals surface area contributed by atoms with Gasteiger partial charge in [-0.2, -0.15) is 0 Å². The van der Waals surface area contributed by atoms with E-state index in [1.165, 1.54) is 6.07 Å². The minimum atomic E-state index is -0.111. The molecule has 0 spiro atoms. The summed E-state index contributed by atoms with van der Waals surface area (Å²) in [6, 6.07) is 6.91. The molecule has 1 rings (SSSR count). The van der Waals surface area contributed by atoms with Gasteiger partial charge < -0.3 is 0 Å². The highest BCUT2D eigenvalue weighted by Gasteiger charge is 2.16. The van der Waals surface area contributed by atoms with Crippen LogP contribution in [0.1, 0.15) is 33.8 Å². The van der Waals surface area contributed by atoms with Crippen LogP contribution >= 0.6 is 0 Å². The van der Waals surface area contributed by atoms with Crippen molar-refractivity contribution in [3.63, 3.8) is 0 Å². The van der Waals surface area contributed by atoms with E-state index >= 15 is 0 Å². The quantitative estimate of drug-likeness (QED) is 0.553. The molecule has 0 unspecified atom stereocenters. The van der Waals surface area contributed by atoms with Crippen LogP contribution in [0.15, 0.2) is 24.3 Å². The largest absolute Gasteiger partial charge is 0.207 e. The van der Waals surface area contributed by atoms with Gasteiger partial charge in [0, 0.05) is 0 Å². The third-order valence-electron chi connectivity index (χ3n) is 1.68. The van der Waals surface area contributed by atoms with E-state index in [2.05, 4.69) is 0 Å². The maximum atomic E-state index is 13.1. The number of rotatable bonds is 0. The van der Waals surface area contributed by atoms with Gasteiger partial charge in [-0.25, -0.2) is 4.39 Å². The van der Waals surface area contributed by atoms with E-state index in [0.717, 1.165) is 5.56 Å². The normalized spacial score (nSPS) is 10.7. The minimum Gasteiger partial charge on any atom is -0.207 e. The molecular formula is C11H17F. The molecule has 0 amide bonds. The van der Waals surface area contributed by atoms with E-state index in [0.29, 0.717) is 0 Å². The zero-order valence-corrected chi connectivity index (χ0v) is 7.19. The SMILES string of the molecule is C.CC(C)(C)c1ccccc1F. The van der Waals surface area contributed by atoms with E-state index in [-0.39, 0.29) is 18.7 Å². The van der Waals surface area contributed by atoms with Crippen LogP contribution in [0.4, 0.5) is 4.39 Å². The molecule has 1 heteroatoms. The summed E-state index contributed by atoms with van der Waals surface area (Å²) >= 11 is 0. The number of halogens is 1. The van der Waals surface area contributed by atoms with Crippen molar-refractivity contribution >= 4 is 0 Å². The molecule has 0 aliphatic rings. The summed E-state index contributed by atoms with van der Waals surface area (Å²) in [6.07, 6.45) is 0. The summed E-state index contributed by atoms with van der Waals surface area (Å²) in [5.41, 5.74) is 0.686. The lowest BCUT2D eigenvalue weighted by Gasteiger charge is -2.19. The lowest BCUT2D eigenvalue weighted by molar-refractivity contribution is 0.523. The van der Waals surface area contributed by atoms with Crippen LogP contribution in [-0.2, 0) is 5.41 Å². The number of hydrogen-bond acceptors (Lipinski definition) is 0. The van der Waals surface area contributed by atoms with Crippen LogP contribution in [0, 0.1) is 5.82 Å². The highest BCUT2D eigenvalue weighted by atomic mass is 19.1. The van der Waals surface area contributed by atoms with Crippen molar-refractivity contribution in [3.05, 3.63) is 35.6 Å². The van der Waals surface area contributed by atoms with Gasteiger partial charge in [0.1, 0.15) is 5.82 Å². The van der Waals surface area contributed by atoms with Crippen molar-refractivity contribution in [1.29, 1.82) is 0 Å². The Bertz CT molecular complexity index is 245. The van der Waals surface area contributed by atoms with Crippen molar-refractivity contribution < 1.29 is 4.39 Å². The monoisotopic (exact) mass is 168 g/mol. The zero-order chi connectivity index (χ0) is 8.48. The molecule has 0 N–H and O–H groups in total. The number of hydrogen-bond donors (Lipinski definition) is 0. The Labute approximate surface area is 74.4 Å². The fourth-order valence-electron chi connectivity index (χ4n) is 1.07. The molecule has 0 saturated heterocycles. The molecule has 0 radical (unpaired) electrons. The first-order valence-electron chi connectivity index (χ1n) is 3.77. The van der Waals surface area contributed by atoms with Crippen molar-refractivity contribution in [2.75, 3.05) is 0 Å². The van der Waals surface area contributed by atoms with Crippen LogP contribution in [0.2, 0.25) is 0 Å². The lowest BCUT2D eigenvalue weighted by atomic mass is 9.87. The van der Waals surface area contributed by atoms with Crippen LogP contribution < -0.4 is 0 Å². The second kappa shape index (κ2) is 3.70. The highest BCUT2D eigenvalue weighted by Crippen LogP contribution is 2.23. The first-order valence-corrected chi connectivity index (χ1v) is 3.77. The van der Waals surface area contributed by atoms with Gasteiger partial charge in [0.25, 0.3) is 0 Å². The molecule has 0 aliphatic heterocycles.